The molecule has 0 saturated carbocycles. The smallest absolute Gasteiger partial charge is 0.131 e. The summed E-state index contributed by atoms with van der Waals surface area (Å²) in [5.41, 5.74) is 3.50. The van der Waals surface area contributed by atoms with Crippen molar-refractivity contribution in [1.82, 2.24) is 0 Å². The van der Waals surface area contributed by atoms with Crippen molar-refractivity contribution in [2.24, 2.45) is 0 Å². The molecular formula is C15H13F. The van der Waals surface area contributed by atoms with Crippen molar-refractivity contribution in [2.75, 3.05) is 0 Å². The van der Waals surface area contributed by atoms with Crippen molar-refractivity contribution in [3.05, 3.63) is 66.0 Å². The predicted molar refractivity (Wildman–Crippen MR) is 66.7 cm³/mol. The molecule has 0 nitrogen and oxygen atoms in total. The minimum absolute atomic E-state index is 0.207. The molecule has 16 heavy (non-hydrogen) atoms. The van der Waals surface area contributed by atoms with Gasteiger partial charge in [-0.1, -0.05) is 54.6 Å². The molecule has 0 aliphatic heterocycles. The van der Waals surface area contributed by atoms with Crippen molar-refractivity contribution in [2.45, 2.75) is 6.92 Å². The second kappa shape index (κ2) is 4.31. The fourth-order valence-electron chi connectivity index (χ4n) is 1.63. The largest absolute Gasteiger partial charge is 0.206 e. The van der Waals surface area contributed by atoms with Gasteiger partial charge in [-0.3, -0.25) is 0 Å². The number of hydrogen-bond donors (Lipinski definition) is 0. The van der Waals surface area contributed by atoms with E-state index >= 15 is 0 Å². The summed E-state index contributed by atoms with van der Waals surface area (Å²) in [4.78, 5) is 0. The highest BCUT2D eigenvalue weighted by Gasteiger charge is 2.04. The Bertz CT molecular complexity index is 509. The zero-order valence-corrected chi connectivity index (χ0v) is 9.20. The molecule has 0 N–H and O–H groups in total. The molecule has 0 fully saturated rings. The zero-order valence-electron chi connectivity index (χ0n) is 9.20. The summed E-state index contributed by atoms with van der Waals surface area (Å²) in [5.74, 6) is -0.207. The van der Waals surface area contributed by atoms with Crippen LogP contribution in [0.25, 0.3) is 17.2 Å². The fraction of sp³-hybridized carbons (Fsp3) is 0.0667. The Balaban J connectivity index is 2.48. The lowest BCUT2D eigenvalue weighted by molar-refractivity contribution is 0.631. The highest BCUT2D eigenvalue weighted by molar-refractivity contribution is 5.66. The molecule has 80 valence electrons. The number of hydrogen-bond acceptors (Lipinski definition) is 0. The zero-order chi connectivity index (χ0) is 11.5. The van der Waals surface area contributed by atoms with Crippen molar-refractivity contribution in [3.63, 3.8) is 0 Å². The van der Waals surface area contributed by atoms with Crippen molar-refractivity contribution >= 4 is 6.08 Å². The van der Waals surface area contributed by atoms with E-state index < -0.39 is 0 Å². The van der Waals surface area contributed by atoms with E-state index in [0.29, 0.717) is 5.56 Å². The molecule has 0 spiro atoms. The SMILES string of the molecule is C=Cc1ccc(-c2ccc(C)cc2)c(F)c1. The average Bonchev–Trinajstić information content (AvgIpc) is 2.30. The van der Waals surface area contributed by atoms with Gasteiger partial charge in [0, 0.05) is 5.56 Å². The van der Waals surface area contributed by atoms with Crippen LogP contribution < -0.4 is 0 Å². The third kappa shape index (κ3) is 2.03. The summed E-state index contributed by atoms with van der Waals surface area (Å²) >= 11 is 0. The molecule has 2 aromatic carbocycles. The van der Waals surface area contributed by atoms with Crippen LogP contribution in [0.2, 0.25) is 0 Å². The van der Waals surface area contributed by atoms with E-state index in [-0.39, 0.29) is 5.82 Å². The number of aryl methyl sites for hydroxylation is 1. The van der Waals surface area contributed by atoms with E-state index in [1.807, 2.05) is 37.3 Å². The van der Waals surface area contributed by atoms with E-state index in [1.54, 1.807) is 12.1 Å². The molecule has 0 unspecified atom stereocenters. The van der Waals surface area contributed by atoms with Crippen LogP contribution in [0.15, 0.2) is 49.0 Å². The minimum Gasteiger partial charge on any atom is -0.206 e. The van der Waals surface area contributed by atoms with Gasteiger partial charge in [-0.2, -0.15) is 0 Å². The molecule has 1 heteroatoms. The molecule has 0 saturated heterocycles. The summed E-state index contributed by atoms with van der Waals surface area (Å²) in [7, 11) is 0. The number of halogens is 1. The van der Waals surface area contributed by atoms with Gasteiger partial charge in [0.2, 0.25) is 0 Å². The third-order valence-electron chi connectivity index (χ3n) is 2.59. The van der Waals surface area contributed by atoms with Crippen molar-refractivity contribution < 1.29 is 4.39 Å². The monoisotopic (exact) mass is 212 g/mol. The van der Waals surface area contributed by atoms with Crippen LogP contribution in [0.3, 0.4) is 0 Å². The van der Waals surface area contributed by atoms with Gasteiger partial charge < -0.3 is 0 Å². The van der Waals surface area contributed by atoms with E-state index in [2.05, 4.69) is 6.58 Å². The lowest BCUT2D eigenvalue weighted by Gasteiger charge is -2.05. The van der Waals surface area contributed by atoms with E-state index in [1.165, 1.54) is 11.6 Å². The highest BCUT2D eigenvalue weighted by Crippen LogP contribution is 2.24. The predicted octanol–water partition coefficient (Wildman–Crippen LogP) is 4.44. The van der Waals surface area contributed by atoms with Crippen molar-refractivity contribution in [1.29, 1.82) is 0 Å². The highest BCUT2D eigenvalue weighted by atomic mass is 19.1. The maximum atomic E-state index is 13.8. The summed E-state index contributed by atoms with van der Waals surface area (Å²) < 4.78 is 13.8. The van der Waals surface area contributed by atoms with Crippen molar-refractivity contribution in [3.8, 4) is 11.1 Å². The van der Waals surface area contributed by atoms with Crippen LogP contribution in [-0.4, -0.2) is 0 Å². The standard InChI is InChI=1S/C15H13F/c1-3-12-6-9-14(15(16)10-12)13-7-4-11(2)5-8-13/h3-10H,1H2,2H3. The van der Waals surface area contributed by atoms with E-state index in [4.69, 9.17) is 0 Å². The molecule has 0 radical (unpaired) electrons. The Morgan fingerprint density at radius 3 is 2.31 bits per heavy atom. The average molecular weight is 212 g/mol. The van der Waals surface area contributed by atoms with Gasteiger partial charge in [0.1, 0.15) is 5.82 Å². The second-order valence-electron chi connectivity index (χ2n) is 3.81. The molecular weight excluding hydrogens is 199 g/mol. The Kier molecular flexibility index (Phi) is 2.86. The van der Waals surface area contributed by atoms with E-state index in [9.17, 15) is 4.39 Å². The lowest BCUT2D eigenvalue weighted by atomic mass is 10.0. The molecule has 0 aliphatic carbocycles. The first-order valence-electron chi connectivity index (χ1n) is 5.20. The van der Waals surface area contributed by atoms with Gasteiger partial charge >= 0.3 is 0 Å². The third-order valence-corrected chi connectivity index (χ3v) is 2.59. The quantitative estimate of drug-likeness (QED) is 0.690. The molecule has 0 heterocycles. The van der Waals surface area contributed by atoms with Gasteiger partial charge in [0.15, 0.2) is 0 Å². The first kappa shape index (κ1) is 10.6. The summed E-state index contributed by atoms with van der Waals surface area (Å²) in [6.45, 7) is 5.63. The molecule has 2 aromatic rings. The summed E-state index contributed by atoms with van der Waals surface area (Å²) in [6, 6.07) is 13.0. The lowest BCUT2D eigenvalue weighted by Crippen LogP contribution is -1.85. The molecule has 0 bridgehead atoms. The Morgan fingerprint density at radius 1 is 1.06 bits per heavy atom. The second-order valence-corrected chi connectivity index (χ2v) is 3.81. The molecule has 0 amide bonds. The molecule has 0 aromatic heterocycles. The maximum absolute atomic E-state index is 13.8. The van der Waals surface area contributed by atoms with Gasteiger partial charge in [0.25, 0.3) is 0 Å². The van der Waals surface area contributed by atoms with Gasteiger partial charge in [-0.25, -0.2) is 4.39 Å². The van der Waals surface area contributed by atoms with Gasteiger partial charge in [-0.05, 0) is 24.1 Å². The fourth-order valence-corrected chi connectivity index (χ4v) is 1.63. The molecule has 2 rings (SSSR count). The first-order chi connectivity index (χ1) is 7.70. The van der Waals surface area contributed by atoms with Crippen LogP contribution >= 0.6 is 0 Å². The van der Waals surface area contributed by atoms with Crippen LogP contribution in [0, 0.1) is 12.7 Å². The first-order valence-corrected chi connectivity index (χ1v) is 5.20. The van der Waals surface area contributed by atoms with Crippen LogP contribution in [-0.2, 0) is 0 Å². The Morgan fingerprint density at radius 2 is 1.75 bits per heavy atom. The number of rotatable bonds is 2. The topological polar surface area (TPSA) is 0 Å². The molecule has 0 aliphatic rings. The Hall–Kier alpha value is -1.89. The Labute approximate surface area is 95.1 Å². The summed E-state index contributed by atoms with van der Waals surface area (Å²) in [6.07, 6.45) is 1.64. The van der Waals surface area contributed by atoms with Gasteiger partial charge in [0.05, 0.1) is 0 Å². The maximum Gasteiger partial charge on any atom is 0.131 e. The van der Waals surface area contributed by atoms with Crippen LogP contribution in [0.4, 0.5) is 4.39 Å². The van der Waals surface area contributed by atoms with E-state index in [0.717, 1.165) is 11.1 Å². The van der Waals surface area contributed by atoms with Gasteiger partial charge in [-0.15, -0.1) is 0 Å². The summed E-state index contributed by atoms with van der Waals surface area (Å²) in [5, 5.41) is 0. The molecule has 0 atom stereocenters. The van der Waals surface area contributed by atoms with Crippen LogP contribution in [0.1, 0.15) is 11.1 Å². The minimum atomic E-state index is -0.207. The number of benzene rings is 2. The van der Waals surface area contributed by atoms with Crippen LogP contribution in [0.5, 0.6) is 0 Å². The normalized spacial score (nSPS) is 10.1.